The van der Waals surface area contributed by atoms with E-state index < -0.39 is 0 Å². The van der Waals surface area contributed by atoms with Gasteiger partial charge in [0.2, 0.25) is 0 Å². The fourth-order valence-corrected chi connectivity index (χ4v) is 0.977. The summed E-state index contributed by atoms with van der Waals surface area (Å²) in [6, 6.07) is 7.01. The summed E-state index contributed by atoms with van der Waals surface area (Å²) in [5.41, 5.74) is 2.79. The highest BCUT2D eigenvalue weighted by Gasteiger charge is 1.98. The van der Waals surface area contributed by atoms with E-state index in [1.165, 1.54) is 0 Å². The molecular weight excluding hydrogens is 176 g/mol. The molecule has 3 nitrogen and oxygen atoms in total. The van der Waals surface area contributed by atoms with E-state index in [4.69, 9.17) is 16.8 Å². The SMILES string of the molecule is CN=C(NO)c1ccc(Cl)cc1. The lowest BCUT2D eigenvalue weighted by atomic mass is 10.2. The Labute approximate surface area is 75.7 Å². The zero-order valence-electron chi connectivity index (χ0n) is 6.58. The van der Waals surface area contributed by atoms with Crippen molar-refractivity contribution in [1.82, 2.24) is 5.48 Å². The molecule has 0 unspecified atom stereocenters. The molecule has 1 rings (SSSR count). The average molecular weight is 185 g/mol. The second-order valence-corrected chi connectivity index (χ2v) is 2.63. The van der Waals surface area contributed by atoms with Crippen molar-refractivity contribution in [2.75, 3.05) is 7.05 Å². The van der Waals surface area contributed by atoms with Crippen molar-refractivity contribution in [2.45, 2.75) is 0 Å². The van der Waals surface area contributed by atoms with E-state index in [-0.39, 0.29) is 0 Å². The fourth-order valence-electron chi connectivity index (χ4n) is 0.851. The summed E-state index contributed by atoms with van der Waals surface area (Å²) in [5.74, 6) is 0.423. The van der Waals surface area contributed by atoms with Crippen molar-refractivity contribution >= 4 is 17.4 Å². The quantitative estimate of drug-likeness (QED) is 0.396. The minimum Gasteiger partial charge on any atom is -0.290 e. The second-order valence-electron chi connectivity index (χ2n) is 2.19. The first-order valence-corrected chi connectivity index (χ1v) is 3.78. The summed E-state index contributed by atoms with van der Waals surface area (Å²) < 4.78 is 0. The van der Waals surface area contributed by atoms with E-state index in [1.807, 2.05) is 5.48 Å². The molecule has 4 heteroatoms. The van der Waals surface area contributed by atoms with Crippen molar-refractivity contribution in [3.05, 3.63) is 34.9 Å². The van der Waals surface area contributed by atoms with E-state index in [9.17, 15) is 0 Å². The molecule has 0 saturated heterocycles. The molecule has 0 aliphatic carbocycles. The van der Waals surface area contributed by atoms with Gasteiger partial charge in [0.1, 0.15) is 0 Å². The number of benzene rings is 1. The van der Waals surface area contributed by atoms with Crippen LogP contribution in [0.5, 0.6) is 0 Å². The van der Waals surface area contributed by atoms with Crippen LogP contribution in [0, 0.1) is 0 Å². The summed E-state index contributed by atoms with van der Waals surface area (Å²) in [5, 5.41) is 9.29. The molecule has 0 aliphatic rings. The van der Waals surface area contributed by atoms with Crippen molar-refractivity contribution in [2.24, 2.45) is 4.99 Å². The van der Waals surface area contributed by atoms with Gasteiger partial charge in [0.15, 0.2) is 5.84 Å². The molecule has 1 aromatic rings. The number of hydrogen-bond acceptors (Lipinski definition) is 2. The lowest BCUT2D eigenvalue weighted by Crippen LogP contribution is -2.19. The van der Waals surface area contributed by atoms with Gasteiger partial charge in [-0.3, -0.25) is 15.7 Å². The first-order chi connectivity index (χ1) is 5.77. The van der Waals surface area contributed by atoms with Gasteiger partial charge >= 0.3 is 0 Å². The highest BCUT2D eigenvalue weighted by Crippen LogP contribution is 2.09. The summed E-state index contributed by atoms with van der Waals surface area (Å²) in [4.78, 5) is 3.82. The average Bonchev–Trinajstić information content (AvgIpc) is 2.10. The maximum atomic E-state index is 8.63. The smallest absolute Gasteiger partial charge is 0.151 e. The molecule has 0 heterocycles. The van der Waals surface area contributed by atoms with Crippen LogP contribution in [0.1, 0.15) is 5.56 Å². The van der Waals surface area contributed by atoms with Crippen LogP contribution in [0.3, 0.4) is 0 Å². The van der Waals surface area contributed by atoms with Crippen LogP contribution in [0.15, 0.2) is 29.3 Å². The summed E-state index contributed by atoms with van der Waals surface area (Å²) >= 11 is 5.68. The van der Waals surface area contributed by atoms with Gasteiger partial charge in [0.05, 0.1) is 0 Å². The Morgan fingerprint density at radius 1 is 1.42 bits per heavy atom. The highest BCUT2D eigenvalue weighted by molar-refractivity contribution is 6.30. The Morgan fingerprint density at radius 3 is 2.42 bits per heavy atom. The van der Waals surface area contributed by atoms with Gasteiger partial charge in [0.25, 0.3) is 0 Å². The molecule has 0 saturated carbocycles. The summed E-state index contributed by atoms with van der Waals surface area (Å²) in [6.45, 7) is 0. The Kier molecular flexibility index (Phi) is 3.08. The van der Waals surface area contributed by atoms with Gasteiger partial charge in [-0.05, 0) is 24.3 Å². The third-order valence-corrected chi connectivity index (χ3v) is 1.70. The number of hydroxylamine groups is 1. The number of hydrogen-bond donors (Lipinski definition) is 2. The Balaban J connectivity index is 2.96. The third-order valence-electron chi connectivity index (χ3n) is 1.45. The number of aliphatic imine (C=N–C) groups is 1. The van der Waals surface area contributed by atoms with Gasteiger partial charge in [0, 0.05) is 17.6 Å². The molecule has 2 N–H and O–H groups in total. The third kappa shape index (κ3) is 1.96. The van der Waals surface area contributed by atoms with Gasteiger partial charge in [-0.2, -0.15) is 0 Å². The Hall–Kier alpha value is -1.06. The summed E-state index contributed by atoms with van der Waals surface area (Å²) in [7, 11) is 1.59. The zero-order chi connectivity index (χ0) is 8.97. The van der Waals surface area contributed by atoms with Gasteiger partial charge < -0.3 is 0 Å². The monoisotopic (exact) mass is 184 g/mol. The molecule has 12 heavy (non-hydrogen) atoms. The number of nitrogens with zero attached hydrogens (tertiary/aromatic N) is 1. The normalized spacial score (nSPS) is 11.4. The predicted octanol–water partition coefficient (Wildman–Crippen LogP) is 1.70. The molecule has 0 fully saturated rings. The zero-order valence-corrected chi connectivity index (χ0v) is 7.34. The van der Waals surface area contributed by atoms with E-state index >= 15 is 0 Å². The van der Waals surface area contributed by atoms with Crippen LogP contribution in [0.2, 0.25) is 5.02 Å². The minimum atomic E-state index is 0.423. The molecular formula is C8H9ClN2O. The lowest BCUT2D eigenvalue weighted by molar-refractivity contribution is 0.235. The van der Waals surface area contributed by atoms with Crippen molar-refractivity contribution < 1.29 is 5.21 Å². The van der Waals surface area contributed by atoms with Crippen LogP contribution >= 0.6 is 11.6 Å². The fraction of sp³-hybridized carbons (Fsp3) is 0.125. The molecule has 1 aromatic carbocycles. The minimum absolute atomic E-state index is 0.423. The van der Waals surface area contributed by atoms with E-state index in [1.54, 1.807) is 31.3 Å². The summed E-state index contributed by atoms with van der Waals surface area (Å²) in [6.07, 6.45) is 0. The molecule has 0 spiro atoms. The van der Waals surface area contributed by atoms with Crippen molar-refractivity contribution in [3.63, 3.8) is 0 Å². The molecule has 0 bridgehead atoms. The Bertz CT molecular complexity index is 282. The van der Waals surface area contributed by atoms with Crippen LogP contribution in [-0.4, -0.2) is 18.1 Å². The molecule has 0 radical (unpaired) electrons. The lowest BCUT2D eigenvalue weighted by Gasteiger charge is -2.02. The number of nitrogens with one attached hydrogen (secondary N) is 1. The van der Waals surface area contributed by atoms with E-state index in [2.05, 4.69) is 4.99 Å². The molecule has 0 aromatic heterocycles. The first-order valence-electron chi connectivity index (χ1n) is 3.40. The second kappa shape index (κ2) is 4.09. The molecule has 0 amide bonds. The van der Waals surface area contributed by atoms with Crippen molar-refractivity contribution in [1.29, 1.82) is 0 Å². The number of halogens is 1. The maximum absolute atomic E-state index is 8.63. The molecule has 0 atom stereocenters. The van der Waals surface area contributed by atoms with E-state index in [0.717, 1.165) is 5.56 Å². The van der Waals surface area contributed by atoms with Crippen LogP contribution in [0.4, 0.5) is 0 Å². The van der Waals surface area contributed by atoms with E-state index in [0.29, 0.717) is 10.9 Å². The maximum Gasteiger partial charge on any atom is 0.151 e. The topological polar surface area (TPSA) is 44.6 Å². The van der Waals surface area contributed by atoms with Crippen LogP contribution in [-0.2, 0) is 0 Å². The molecule has 0 aliphatic heterocycles. The van der Waals surface area contributed by atoms with Gasteiger partial charge in [-0.25, -0.2) is 0 Å². The van der Waals surface area contributed by atoms with Crippen molar-refractivity contribution in [3.8, 4) is 0 Å². The van der Waals surface area contributed by atoms with Crippen LogP contribution in [0.25, 0.3) is 0 Å². The highest BCUT2D eigenvalue weighted by atomic mass is 35.5. The van der Waals surface area contributed by atoms with Gasteiger partial charge in [-0.15, -0.1) is 0 Å². The largest absolute Gasteiger partial charge is 0.290 e. The predicted molar refractivity (Wildman–Crippen MR) is 48.8 cm³/mol. The van der Waals surface area contributed by atoms with Crippen LogP contribution < -0.4 is 5.48 Å². The Morgan fingerprint density at radius 2 is 2.00 bits per heavy atom. The van der Waals surface area contributed by atoms with Gasteiger partial charge in [-0.1, -0.05) is 11.6 Å². The number of rotatable bonds is 1. The number of amidine groups is 1. The molecule has 64 valence electrons. The standard InChI is InChI=1S/C8H9ClN2O/c1-10-8(11-12)6-2-4-7(9)5-3-6/h2-5,12H,1H3,(H,10,11). The first kappa shape index (κ1) is 9.03.